The van der Waals surface area contributed by atoms with Gasteiger partial charge in [0.1, 0.15) is 6.10 Å². The van der Waals surface area contributed by atoms with Crippen LogP contribution in [0.3, 0.4) is 0 Å². The van der Waals surface area contributed by atoms with Crippen molar-refractivity contribution < 1.29 is 50.9 Å². The third kappa shape index (κ3) is 9.90. The molecular weight excluding hydrogens is 873 g/mol. The number of carbonyl (C=O) groups excluding carboxylic acids is 2. The van der Waals surface area contributed by atoms with Crippen molar-refractivity contribution in [3.63, 3.8) is 0 Å². The Hall–Kier alpha value is -6.32. The van der Waals surface area contributed by atoms with Gasteiger partial charge in [0.25, 0.3) is 5.91 Å². The molecule has 0 aliphatic heterocycles. The highest BCUT2D eigenvalue weighted by Crippen LogP contribution is 2.42. The average molecular weight is 910 g/mol. The van der Waals surface area contributed by atoms with E-state index >= 15 is 0 Å². The second-order valence-corrected chi connectivity index (χ2v) is 17.3. The van der Waals surface area contributed by atoms with E-state index in [4.69, 9.17) is 9.84 Å². The lowest BCUT2D eigenvalue weighted by atomic mass is 10.0. The quantitative estimate of drug-likeness (QED) is 0.0791. The number of carbonyl (C=O) groups is 2. The lowest BCUT2D eigenvalue weighted by Crippen LogP contribution is -2.26. The summed E-state index contributed by atoms with van der Waals surface area (Å²) in [4.78, 5) is 28.0. The largest absolute Gasteiger partial charge is 0.453 e. The lowest BCUT2D eigenvalue weighted by molar-refractivity contribution is -0.138. The highest BCUT2D eigenvalue weighted by Gasteiger charge is 2.32. The van der Waals surface area contributed by atoms with Crippen LogP contribution >= 0.6 is 22.7 Å². The molecule has 14 heteroatoms. The number of hydrogen-bond acceptors (Lipinski definition) is 7. The Morgan fingerprint density at radius 1 is 0.594 bits per heavy atom. The molecule has 0 bridgehead atoms. The number of aliphatic hydroxyl groups is 2. The van der Waals surface area contributed by atoms with Crippen molar-refractivity contribution in [2.24, 2.45) is 0 Å². The first kappa shape index (κ1) is 44.3. The predicted molar refractivity (Wildman–Crippen MR) is 237 cm³/mol. The van der Waals surface area contributed by atoms with E-state index in [-0.39, 0.29) is 37.5 Å². The Kier molecular flexibility index (Phi) is 12.7. The molecule has 64 heavy (non-hydrogen) atoms. The summed E-state index contributed by atoms with van der Waals surface area (Å²) in [5, 5.41) is 24.5. The Morgan fingerprint density at radius 3 is 1.67 bits per heavy atom. The number of rotatable bonds is 13. The number of fused-ring (bicyclic) bond motifs is 2. The smallest absolute Gasteiger partial charge is 0.416 e. The summed E-state index contributed by atoms with van der Waals surface area (Å²) in [6.07, 6.45) is -11.3. The zero-order valence-electron chi connectivity index (χ0n) is 33.5. The molecule has 1 amide bonds. The summed E-state index contributed by atoms with van der Waals surface area (Å²) in [6.45, 7) is -0.115. The van der Waals surface area contributed by atoms with Crippen LogP contribution in [0.5, 0.6) is 0 Å². The molecule has 0 aliphatic carbocycles. The minimum atomic E-state index is -4.59. The lowest BCUT2D eigenvalue weighted by Gasteiger charge is -2.18. The van der Waals surface area contributed by atoms with Crippen LogP contribution < -0.4 is 5.32 Å². The van der Waals surface area contributed by atoms with Gasteiger partial charge in [0.15, 0.2) is 0 Å². The standard InChI is InChI=1S/C50H37F6NO5S2/c51-49(52,53)37-15-1-7-29(21-37)23-41(59)43-27-33-11-5-18-40(45(33)63-43)32-10-4-14-36(26-32)48(61)62-42(24-30-8-2-16-38(22-30)50(54,55)56)44-28-34-12-6-17-39(46(34)64-44)31-9-3-13-35(25-31)47(60)57-19-20-58/h1-18,21-22,25-28,41-42,58-59H,19-20,23-24H2,(H,57,60). The Bertz CT molecular complexity index is 2990. The van der Waals surface area contributed by atoms with Crippen molar-refractivity contribution in [2.45, 2.75) is 37.4 Å². The first-order valence-corrected chi connectivity index (χ1v) is 21.6. The fourth-order valence-corrected chi connectivity index (χ4v) is 9.95. The van der Waals surface area contributed by atoms with Gasteiger partial charge in [0, 0.05) is 44.1 Å². The van der Waals surface area contributed by atoms with Crippen molar-refractivity contribution in [2.75, 3.05) is 13.2 Å². The van der Waals surface area contributed by atoms with Gasteiger partial charge in [-0.1, -0.05) is 97.1 Å². The maximum absolute atomic E-state index is 14.2. The van der Waals surface area contributed by atoms with Gasteiger partial charge in [-0.05, 0) is 92.7 Å². The van der Waals surface area contributed by atoms with E-state index in [9.17, 15) is 41.0 Å². The maximum atomic E-state index is 14.2. The van der Waals surface area contributed by atoms with Crippen molar-refractivity contribution in [1.29, 1.82) is 0 Å². The van der Waals surface area contributed by atoms with Gasteiger partial charge in [-0.15, -0.1) is 22.7 Å². The molecular formula is C50H37F6NO5S2. The van der Waals surface area contributed by atoms with E-state index < -0.39 is 41.7 Å². The zero-order valence-corrected chi connectivity index (χ0v) is 35.2. The molecule has 2 atom stereocenters. The van der Waals surface area contributed by atoms with Crippen LogP contribution in [0.15, 0.2) is 146 Å². The fraction of sp³-hybridized carbons (Fsp3) is 0.160. The molecule has 0 spiro atoms. The van der Waals surface area contributed by atoms with Gasteiger partial charge in [0.2, 0.25) is 0 Å². The molecule has 0 saturated heterocycles. The van der Waals surface area contributed by atoms with Crippen molar-refractivity contribution in [1.82, 2.24) is 5.32 Å². The Labute approximate surface area is 371 Å². The number of benzene rings is 6. The maximum Gasteiger partial charge on any atom is 0.416 e. The van der Waals surface area contributed by atoms with Crippen LogP contribution in [0.2, 0.25) is 0 Å². The number of alkyl halides is 6. The van der Waals surface area contributed by atoms with Crippen molar-refractivity contribution >= 4 is 54.7 Å². The van der Waals surface area contributed by atoms with Gasteiger partial charge in [-0.25, -0.2) is 4.79 Å². The number of hydrogen-bond donors (Lipinski definition) is 3. The molecule has 2 unspecified atom stereocenters. The molecule has 8 aromatic rings. The summed E-state index contributed by atoms with van der Waals surface area (Å²) in [7, 11) is 0. The third-order valence-electron chi connectivity index (χ3n) is 10.6. The number of halogens is 6. The van der Waals surface area contributed by atoms with Gasteiger partial charge < -0.3 is 20.3 Å². The molecule has 0 saturated carbocycles. The molecule has 2 aromatic heterocycles. The van der Waals surface area contributed by atoms with E-state index in [1.54, 1.807) is 48.5 Å². The minimum Gasteiger partial charge on any atom is -0.453 e. The summed E-state index contributed by atoms with van der Waals surface area (Å²) >= 11 is 2.62. The minimum absolute atomic E-state index is 0.0335. The number of ether oxygens (including phenoxy) is 1. The van der Waals surface area contributed by atoms with Crippen LogP contribution in [0.1, 0.15) is 64.9 Å². The van der Waals surface area contributed by atoms with Crippen LogP contribution in [0.25, 0.3) is 42.4 Å². The first-order valence-electron chi connectivity index (χ1n) is 20.0. The molecule has 6 aromatic carbocycles. The molecule has 6 nitrogen and oxygen atoms in total. The molecule has 326 valence electrons. The zero-order chi connectivity index (χ0) is 45.2. The third-order valence-corrected chi connectivity index (χ3v) is 13.2. The van der Waals surface area contributed by atoms with E-state index in [1.165, 1.54) is 40.9 Å². The molecule has 2 heterocycles. The Morgan fingerprint density at radius 2 is 1.09 bits per heavy atom. The Balaban J connectivity index is 1.10. The average Bonchev–Trinajstić information content (AvgIpc) is 3.93. The van der Waals surface area contributed by atoms with Gasteiger partial charge in [-0.2, -0.15) is 26.3 Å². The van der Waals surface area contributed by atoms with E-state index in [2.05, 4.69) is 5.32 Å². The highest BCUT2D eigenvalue weighted by molar-refractivity contribution is 7.20. The number of amides is 1. The number of aliphatic hydroxyl groups excluding tert-OH is 2. The first-order chi connectivity index (χ1) is 30.6. The second kappa shape index (κ2) is 18.4. The molecule has 0 fully saturated rings. The van der Waals surface area contributed by atoms with Crippen molar-refractivity contribution in [3.05, 3.63) is 189 Å². The topological polar surface area (TPSA) is 95.9 Å². The van der Waals surface area contributed by atoms with Gasteiger partial charge >= 0.3 is 18.3 Å². The van der Waals surface area contributed by atoms with Crippen LogP contribution in [0.4, 0.5) is 26.3 Å². The summed E-state index contributed by atoms with van der Waals surface area (Å²) < 4.78 is 89.4. The van der Waals surface area contributed by atoms with Crippen LogP contribution in [-0.2, 0) is 29.9 Å². The SMILES string of the molecule is O=C(NCCO)c1cccc(-c2cccc3cc(C(Cc4cccc(C(F)(F)F)c4)OC(=O)c4cccc(-c5cccc6cc(C(O)Cc7cccc(C(F)(F)F)c7)sc56)c4)sc23)c1. The predicted octanol–water partition coefficient (Wildman–Crippen LogP) is 12.6. The monoisotopic (exact) mass is 909 g/mol. The second-order valence-electron chi connectivity index (χ2n) is 15.1. The van der Waals surface area contributed by atoms with Gasteiger partial charge in [-0.3, -0.25) is 4.79 Å². The molecule has 8 rings (SSSR count). The van der Waals surface area contributed by atoms with E-state index in [0.29, 0.717) is 32.0 Å². The summed E-state index contributed by atoms with van der Waals surface area (Å²) in [5.41, 5.74) is 2.48. The van der Waals surface area contributed by atoms with E-state index in [1.807, 2.05) is 54.6 Å². The molecule has 3 N–H and O–H groups in total. The van der Waals surface area contributed by atoms with Crippen LogP contribution in [-0.4, -0.2) is 35.2 Å². The number of thiophene rings is 2. The molecule has 0 radical (unpaired) electrons. The van der Waals surface area contributed by atoms with Crippen molar-refractivity contribution in [3.8, 4) is 22.3 Å². The normalized spacial score (nSPS) is 12.9. The highest BCUT2D eigenvalue weighted by atomic mass is 32.1. The van der Waals surface area contributed by atoms with Gasteiger partial charge in [0.05, 0.1) is 29.4 Å². The number of esters is 1. The van der Waals surface area contributed by atoms with E-state index in [0.717, 1.165) is 61.1 Å². The summed E-state index contributed by atoms with van der Waals surface area (Å²) in [6, 6.07) is 38.3. The fourth-order valence-electron chi connectivity index (χ4n) is 7.54. The number of nitrogens with one attached hydrogen (secondary N) is 1. The summed E-state index contributed by atoms with van der Waals surface area (Å²) in [5.74, 6) is -1.07. The van der Waals surface area contributed by atoms with Crippen LogP contribution in [0, 0.1) is 0 Å². The molecule has 0 aliphatic rings.